The number of fused-ring (bicyclic) bond motifs is 1. The minimum atomic E-state index is -2.41. The van der Waals surface area contributed by atoms with E-state index in [9.17, 15) is 23.6 Å². The molecule has 2 atom stereocenters. The van der Waals surface area contributed by atoms with Gasteiger partial charge >= 0.3 is 11.9 Å². The summed E-state index contributed by atoms with van der Waals surface area (Å²) in [4.78, 5) is 55.5. The number of amides is 1. The first-order valence-electron chi connectivity index (χ1n) is 9.76. The third-order valence-electron chi connectivity index (χ3n) is 4.81. The number of benzene rings is 1. The maximum absolute atomic E-state index is 13.4. The standard InChI is InChI=1S/C21H21FN4O6S/c1-10-23-14-4-3-11(7-12(14)18(27)24-10)9-26(2)17-6-5-16(33-17)19(28)25-15(21(31)32)8-13(22)20(29)30/h3-7,13,15H,8-9H2,1-2H3,(H,25,28)(H,29,30)(H,31,32)(H,23,24,27)/t13-,15-/m0/s1. The third kappa shape index (κ3) is 5.71. The van der Waals surface area contributed by atoms with E-state index in [1.807, 2.05) is 11.0 Å². The van der Waals surface area contributed by atoms with E-state index >= 15 is 0 Å². The number of hydrogen-bond donors (Lipinski definition) is 4. The summed E-state index contributed by atoms with van der Waals surface area (Å²) in [5, 5.41) is 21.1. The van der Waals surface area contributed by atoms with Crippen molar-refractivity contribution in [2.45, 2.75) is 32.1 Å². The van der Waals surface area contributed by atoms with Crippen molar-refractivity contribution < 1.29 is 29.0 Å². The van der Waals surface area contributed by atoms with Crippen LogP contribution < -0.4 is 15.8 Å². The van der Waals surface area contributed by atoms with Crippen LogP contribution in [0.25, 0.3) is 10.9 Å². The number of nitrogens with zero attached hydrogens (tertiary/aromatic N) is 2. The lowest BCUT2D eigenvalue weighted by atomic mass is 10.1. The number of carbonyl (C=O) groups is 3. The number of anilines is 1. The number of aromatic nitrogens is 2. The number of halogens is 1. The number of carboxylic acids is 2. The van der Waals surface area contributed by atoms with Crippen LogP contribution in [0.5, 0.6) is 0 Å². The molecule has 3 rings (SSSR count). The van der Waals surface area contributed by atoms with Gasteiger partial charge in [-0.05, 0) is 36.8 Å². The molecule has 0 aliphatic heterocycles. The van der Waals surface area contributed by atoms with Gasteiger partial charge in [-0.2, -0.15) is 0 Å². The van der Waals surface area contributed by atoms with E-state index in [-0.39, 0.29) is 10.4 Å². The van der Waals surface area contributed by atoms with Crippen LogP contribution in [0.1, 0.15) is 27.5 Å². The normalized spacial score (nSPS) is 12.8. The Balaban J connectivity index is 1.70. The number of rotatable bonds is 9. The van der Waals surface area contributed by atoms with Gasteiger partial charge in [0.1, 0.15) is 11.9 Å². The Morgan fingerprint density at radius 2 is 1.94 bits per heavy atom. The summed E-state index contributed by atoms with van der Waals surface area (Å²) in [5.41, 5.74) is 1.20. The molecule has 0 fully saturated rings. The summed E-state index contributed by atoms with van der Waals surface area (Å²) in [6.07, 6.45) is -3.30. The Kier molecular flexibility index (Phi) is 7.07. The molecular weight excluding hydrogens is 455 g/mol. The van der Waals surface area contributed by atoms with Gasteiger partial charge in [-0.15, -0.1) is 11.3 Å². The number of aliphatic carboxylic acids is 2. The summed E-state index contributed by atoms with van der Waals surface area (Å²) >= 11 is 1.09. The predicted molar refractivity (Wildman–Crippen MR) is 120 cm³/mol. The van der Waals surface area contributed by atoms with Gasteiger partial charge < -0.3 is 25.4 Å². The van der Waals surface area contributed by atoms with E-state index in [4.69, 9.17) is 10.2 Å². The fourth-order valence-corrected chi connectivity index (χ4v) is 4.04. The van der Waals surface area contributed by atoms with Crippen molar-refractivity contribution in [3.05, 3.63) is 57.0 Å². The molecule has 12 heteroatoms. The van der Waals surface area contributed by atoms with E-state index in [1.54, 1.807) is 32.2 Å². The van der Waals surface area contributed by atoms with Gasteiger partial charge in [0.05, 0.1) is 20.8 Å². The summed E-state index contributed by atoms with van der Waals surface area (Å²) in [6.45, 7) is 2.12. The molecule has 0 unspecified atom stereocenters. The Morgan fingerprint density at radius 3 is 2.61 bits per heavy atom. The molecule has 3 aromatic rings. The maximum atomic E-state index is 13.4. The van der Waals surface area contributed by atoms with Gasteiger partial charge in [0.25, 0.3) is 11.5 Å². The molecule has 2 aromatic heterocycles. The third-order valence-corrected chi connectivity index (χ3v) is 6.01. The first-order valence-corrected chi connectivity index (χ1v) is 10.6. The summed E-state index contributed by atoms with van der Waals surface area (Å²) in [7, 11) is 1.79. The van der Waals surface area contributed by atoms with Gasteiger partial charge in [-0.3, -0.25) is 9.59 Å². The average molecular weight is 476 g/mol. The number of nitrogens with one attached hydrogen (secondary N) is 2. The van der Waals surface area contributed by atoms with E-state index in [0.717, 1.165) is 16.9 Å². The Morgan fingerprint density at radius 1 is 1.21 bits per heavy atom. The van der Waals surface area contributed by atoms with Crippen LogP contribution in [0, 0.1) is 6.92 Å². The lowest BCUT2D eigenvalue weighted by molar-refractivity contribution is -0.145. The zero-order chi connectivity index (χ0) is 24.3. The number of aromatic amines is 1. The number of H-pyrrole nitrogens is 1. The van der Waals surface area contributed by atoms with Crippen LogP contribution in [0.3, 0.4) is 0 Å². The van der Waals surface area contributed by atoms with Crippen molar-refractivity contribution in [1.82, 2.24) is 15.3 Å². The largest absolute Gasteiger partial charge is 0.480 e. The average Bonchev–Trinajstić information content (AvgIpc) is 3.24. The molecule has 0 radical (unpaired) electrons. The van der Waals surface area contributed by atoms with Gasteiger partial charge in [-0.25, -0.2) is 19.0 Å². The Labute approximate surface area is 190 Å². The summed E-state index contributed by atoms with van der Waals surface area (Å²) < 4.78 is 13.4. The van der Waals surface area contributed by atoms with Crippen LogP contribution >= 0.6 is 11.3 Å². The molecule has 0 aliphatic rings. The van der Waals surface area contributed by atoms with Crippen molar-refractivity contribution in [1.29, 1.82) is 0 Å². The molecule has 0 spiro atoms. The number of carboxylic acid groups (broad SMARTS) is 2. The number of aryl methyl sites for hydroxylation is 1. The molecule has 0 saturated heterocycles. The fourth-order valence-electron chi connectivity index (χ4n) is 3.17. The number of hydrogen-bond acceptors (Lipinski definition) is 7. The monoisotopic (exact) mass is 476 g/mol. The lowest BCUT2D eigenvalue weighted by Crippen LogP contribution is -2.43. The van der Waals surface area contributed by atoms with Crippen LogP contribution in [0.2, 0.25) is 0 Å². The predicted octanol–water partition coefficient (Wildman–Crippen LogP) is 1.93. The van der Waals surface area contributed by atoms with E-state index in [1.165, 1.54) is 6.07 Å². The first-order chi connectivity index (χ1) is 15.5. The zero-order valence-corrected chi connectivity index (χ0v) is 18.5. The molecule has 1 amide bonds. The number of alkyl halides is 1. The van der Waals surface area contributed by atoms with E-state index in [0.29, 0.717) is 28.3 Å². The SMILES string of the molecule is Cc1nc2ccc(CN(C)c3ccc(C(=O)N[C@@H](C[C@H](F)C(=O)O)C(=O)O)s3)cc2c(=O)[nH]1. The summed E-state index contributed by atoms with van der Waals surface area (Å²) in [6, 6.07) is 6.83. The van der Waals surface area contributed by atoms with Crippen molar-refractivity contribution in [3.63, 3.8) is 0 Å². The Bertz CT molecular complexity index is 1270. The van der Waals surface area contributed by atoms with Crippen LogP contribution in [-0.4, -0.2) is 57.3 Å². The smallest absolute Gasteiger partial charge is 0.338 e. The fraction of sp³-hybridized carbons (Fsp3) is 0.286. The highest BCUT2D eigenvalue weighted by atomic mass is 32.1. The number of thiophene rings is 1. The second-order valence-corrected chi connectivity index (χ2v) is 8.46. The molecule has 0 aliphatic carbocycles. The highest BCUT2D eigenvalue weighted by Gasteiger charge is 2.28. The second kappa shape index (κ2) is 9.77. The minimum absolute atomic E-state index is 0.184. The molecule has 10 nitrogen and oxygen atoms in total. The van der Waals surface area contributed by atoms with E-state index < -0.39 is 36.5 Å². The Hall–Kier alpha value is -3.80. The molecule has 2 heterocycles. The second-order valence-electron chi connectivity index (χ2n) is 7.40. The highest BCUT2D eigenvalue weighted by molar-refractivity contribution is 7.17. The molecule has 174 valence electrons. The molecule has 0 saturated carbocycles. The van der Waals surface area contributed by atoms with Crippen molar-refractivity contribution >= 4 is 45.1 Å². The topological polar surface area (TPSA) is 153 Å². The quantitative estimate of drug-likeness (QED) is 0.365. The minimum Gasteiger partial charge on any atom is -0.480 e. The molecule has 4 N–H and O–H groups in total. The highest BCUT2D eigenvalue weighted by Crippen LogP contribution is 2.27. The van der Waals surface area contributed by atoms with Crippen molar-refractivity contribution in [2.75, 3.05) is 11.9 Å². The van der Waals surface area contributed by atoms with Gasteiger partial charge in [0.2, 0.25) is 0 Å². The maximum Gasteiger partial charge on any atom is 0.338 e. The molecular formula is C21H21FN4O6S. The van der Waals surface area contributed by atoms with Crippen LogP contribution in [0.4, 0.5) is 9.39 Å². The van der Waals surface area contributed by atoms with Crippen LogP contribution in [-0.2, 0) is 16.1 Å². The van der Waals surface area contributed by atoms with E-state index in [2.05, 4.69) is 15.3 Å². The van der Waals surface area contributed by atoms with Gasteiger partial charge in [0.15, 0.2) is 6.17 Å². The molecule has 33 heavy (non-hydrogen) atoms. The first kappa shape index (κ1) is 23.9. The van der Waals surface area contributed by atoms with Crippen LogP contribution in [0.15, 0.2) is 35.1 Å². The molecule has 0 bridgehead atoms. The zero-order valence-electron chi connectivity index (χ0n) is 17.7. The lowest BCUT2D eigenvalue weighted by Gasteiger charge is -2.17. The van der Waals surface area contributed by atoms with Gasteiger partial charge in [0, 0.05) is 20.0 Å². The summed E-state index contributed by atoms with van der Waals surface area (Å²) in [5.74, 6) is -3.55. The number of carbonyl (C=O) groups excluding carboxylic acids is 1. The van der Waals surface area contributed by atoms with Crippen molar-refractivity contribution in [2.24, 2.45) is 0 Å². The van der Waals surface area contributed by atoms with Gasteiger partial charge in [-0.1, -0.05) is 6.07 Å². The molecule has 1 aromatic carbocycles. The van der Waals surface area contributed by atoms with Crippen molar-refractivity contribution in [3.8, 4) is 0 Å².